The first-order valence-corrected chi connectivity index (χ1v) is 11.2. The van der Waals surface area contributed by atoms with Crippen molar-refractivity contribution in [1.82, 2.24) is 20.0 Å². The zero-order valence-corrected chi connectivity index (χ0v) is 18.2. The highest BCUT2D eigenvalue weighted by atomic mass is 15.3. The quantitative estimate of drug-likeness (QED) is 0.773. The highest BCUT2D eigenvalue weighted by Crippen LogP contribution is 2.24. The topological polar surface area (TPSA) is 35.5 Å². The zero-order chi connectivity index (χ0) is 20.2. The maximum absolute atomic E-state index is 4.55. The molecule has 0 saturated carbocycles. The molecule has 0 aliphatic carbocycles. The van der Waals surface area contributed by atoms with Crippen molar-refractivity contribution in [2.45, 2.75) is 32.6 Å². The van der Waals surface area contributed by atoms with Crippen molar-refractivity contribution in [2.24, 2.45) is 5.92 Å². The molecule has 156 valence electrons. The van der Waals surface area contributed by atoms with Gasteiger partial charge in [-0.15, -0.1) is 10.2 Å². The third-order valence-electron chi connectivity index (χ3n) is 6.43. The summed E-state index contributed by atoms with van der Waals surface area (Å²) < 4.78 is 0. The van der Waals surface area contributed by atoms with Crippen molar-refractivity contribution < 1.29 is 0 Å². The molecule has 2 aliphatic rings. The summed E-state index contributed by atoms with van der Waals surface area (Å²) in [7, 11) is 2.26. The van der Waals surface area contributed by atoms with Gasteiger partial charge in [0, 0.05) is 44.8 Å². The van der Waals surface area contributed by atoms with Gasteiger partial charge in [-0.05, 0) is 62.0 Å². The van der Waals surface area contributed by atoms with Crippen molar-refractivity contribution in [2.75, 3.05) is 57.8 Å². The molecule has 5 heteroatoms. The molecule has 0 spiro atoms. The highest BCUT2D eigenvalue weighted by Gasteiger charge is 2.23. The number of anilines is 1. The Morgan fingerprint density at radius 3 is 2.52 bits per heavy atom. The summed E-state index contributed by atoms with van der Waals surface area (Å²) in [6.07, 6.45) is 2.73. The lowest BCUT2D eigenvalue weighted by atomic mass is 9.97. The number of benzene rings is 1. The SMILES string of the molecule is CC(C)c1cccc(-c2ccc(N3CCN(CC4CCCN(C)C4)CC3)nn2)c1. The summed E-state index contributed by atoms with van der Waals surface area (Å²) in [4.78, 5) is 7.50. The lowest BCUT2D eigenvalue weighted by Gasteiger charge is -2.38. The van der Waals surface area contributed by atoms with E-state index in [1.165, 1.54) is 38.0 Å². The van der Waals surface area contributed by atoms with Crippen LogP contribution in [0.1, 0.15) is 38.2 Å². The predicted molar refractivity (Wildman–Crippen MR) is 120 cm³/mol. The largest absolute Gasteiger partial charge is 0.353 e. The van der Waals surface area contributed by atoms with Gasteiger partial charge in [-0.3, -0.25) is 4.90 Å². The Balaban J connectivity index is 1.33. The van der Waals surface area contributed by atoms with E-state index in [1.54, 1.807) is 0 Å². The lowest BCUT2D eigenvalue weighted by Crippen LogP contribution is -2.49. The molecule has 0 N–H and O–H groups in total. The molecular formula is C24H35N5. The number of piperidine rings is 1. The number of hydrogen-bond donors (Lipinski definition) is 0. The number of nitrogens with zero attached hydrogens (tertiary/aromatic N) is 5. The van der Waals surface area contributed by atoms with E-state index < -0.39 is 0 Å². The summed E-state index contributed by atoms with van der Waals surface area (Å²) in [6.45, 7) is 12.5. The van der Waals surface area contributed by atoms with Gasteiger partial charge in [-0.25, -0.2) is 0 Å². The minimum absolute atomic E-state index is 0.521. The number of piperazine rings is 1. The van der Waals surface area contributed by atoms with E-state index in [-0.39, 0.29) is 0 Å². The molecule has 2 aromatic rings. The second-order valence-electron chi connectivity index (χ2n) is 9.12. The summed E-state index contributed by atoms with van der Waals surface area (Å²) >= 11 is 0. The van der Waals surface area contributed by atoms with Crippen LogP contribution in [-0.4, -0.2) is 72.9 Å². The molecule has 2 aliphatic heterocycles. The first-order valence-electron chi connectivity index (χ1n) is 11.2. The summed E-state index contributed by atoms with van der Waals surface area (Å²) in [5.41, 5.74) is 3.45. The van der Waals surface area contributed by atoms with Crippen LogP contribution >= 0.6 is 0 Å². The minimum Gasteiger partial charge on any atom is -0.353 e. The molecule has 0 amide bonds. The average molecular weight is 394 g/mol. The van der Waals surface area contributed by atoms with Gasteiger partial charge in [0.25, 0.3) is 0 Å². The van der Waals surface area contributed by atoms with Crippen molar-refractivity contribution in [3.63, 3.8) is 0 Å². The van der Waals surface area contributed by atoms with E-state index in [0.717, 1.165) is 49.2 Å². The van der Waals surface area contributed by atoms with Gasteiger partial charge in [0.1, 0.15) is 0 Å². The number of rotatable bonds is 5. The molecular weight excluding hydrogens is 358 g/mol. The van der Waals surface area contributed by atoms with E-state index in [2.05, 4.69) is 82.2 Å². The monoisotopic (exact) mass is 393 g/mol. The summed E-state index contributed by atoms with van der Waals surface area (Å²) in [5, 5.41) is 9.09. The Hall–Kier alpha value is -1.98. The molecule has 2 saturated heterocycles. The van der Waals surface area contributed by atoms with Crippen molar-refractivity contribution in [3.8, 4) is 11.3 Å². The number of hydrogen-bond acceptors (Lipinski definition) is 5. The van der Waals surface area contributed by atoms with Gasteiger partial charge >= 0.3 is 0 Å². The van der Waals surface area contributed by atoms with E-state index in [0.29, 0.717) is 5.92 Å². The first kappa shape index (κ1) is 20.3. The number of aromatic nitrogens is 2. The van der Waals surface area contributed by atoms with Crippen molar-refractivity contribution in [3.05, 3.63) is 42.0 Å². The fourth-order valence-electron chi connectivity index (χ4n) is 4.65. The van der Waals surface area contributed by atoms with Crippen molar-refractivity contribution >= 4 is 5.82 Å². The molecule has 5 nitrogen and oxygen atoms in total. The molecule has 0 radical (unpaired) electrons. The normalized spacial score (nSPS) is 21.7. The molecule has 2 fully saturated rings. The second-order valence-corrected chi connectivity index (χ2v) is 9.12. The predicted octanol–water partition coefficient (Wildman–Crippen LogP) is 3.73. The second kappa shape index (κ2) is 9.23. The van der Waals surface area contributed by atoms with E-state index in [1.807, 2.05) is 0 Å². The van der Waals surface area contributed by atoms with Gasteiger partial charge in [-0.2, -0.15) is 0 Å². The highest BCUT2D eigenvalue weighted by molar-refractivity contribution is 5.61. The van der Waals surface area contributed by atoms with Gasteiger partial charge < -0.3 is 9.80 Å². The molecule has 4 rings (SSSR count). The molecule has 1 aromatic heterocycles. The Morgan fingerprint density at radius 2 is 1.83 bits per heavy atom. The molecule has 3 heterocycles. The van der Waals surface area contributed by atoms with Crippen LogP contribution in [0.15, 0.2) is 36.4 Å². The minimum atomic E-state index is 0.521. The van der Waals surface area contributed by atoms with Crippen LogP contribution in [0.5, 0.6) is 0 Å². The average Bonchev–Trinajstić information content (AvgIpc) is 2.75. The molecule has 29 heavy (non-hydrogen) atoms. The van der Waals surface area contributed by atoms with Crippen LogP contribution in [0.2, 0.25) is 0 Å². The molecule has 0 bridgehead atoms. The standard InChI is InChI=1S/C24H35N5/c1-19(2)21-7-4-8-22(16-21)23-9-10-24(26-25-23)29-14-12-28(13-15-29)18-20-6-5-11-27(3)17-20/h4,7-10,16,19-20H,5-6,11-15,17-18H2,1-3H3. The smallest absolute Gasteiger partial charge is 0.151 e. The van der Waals surface area contributed by atoms with Gasteiger partial charge in [0.2, 0.25) is 0 Å². The Bertz CT molecular complexity index is 780. The van der Waals surface area contributed by atoms with Crippen molar-refractivity contribution in [1.29, 1.82) is 0 Å². The molecule has 1 atom stereocenters. The third-order valence-corrected chi connectivity index (χ3v) is 6.43. The zero-order valence-electron chi connectivity index (χ0n) is 18.2. The fraction of sp³-hybridized carbons (Fsp3) is 0.583. The Labute approximate surface area is 175 Å². The maximum atomic E-state index is 4.55. The van der Waals surface area contributed by atoms with Gasteiger partial charge in [-0.1, -0.05) is 32.0 Å². The van der Waals surface area contributed by atoms with Crippen LogP contribution in [0.3, 0.4) is 0 Å². The van der Waals surface area contributed by atoms with Crippen LogP contribution in [0.25, 0.3) is 11.3 Å². The van der Waals surface area contributed by atoms with Crippen LogP contribution in [0, 0.1) is 5.92 Å². The van der Waals surface area contributed by atoms with Gasteiger partial charge in [0.15, 0.2) is 5.82 Å². The van der Waals surface area contributed by atoms with Crippen LogP contribution < -0.4 is 4.90 Å². The third kappa shape index (κ3) is 5.14. The summed E-state index contributed by atoms with van der Waals surface area (Å²) in [6, 6.07) is 12.9. The Kier molecular flexibility index (Phi) is 6.46. The fourth-order valence-corrected chi connectivity index (χ4v) is 4.65. The van der Waals surface area contributed by atoms with E-state index in [4.69, 9.17) is 0 Å². The van der Waals surface area contributed by atoms with Gasteiger partial charge in [0.05, 0.1) is 5.69 Å². The lowest BCUT2D eigenvalue weighted by molar-refractivity contribution is 0.147. The van der Waals surface area contributed by atoms with Crippen LogP contribution in [0.4, 0.5) is 5.82 Å². The maximum Gasteiger partial charge on any atom is 0.151 e. The summed E-state index contributed by atoms with van der Waals surface area (Å²) in [5.74, 6) is 2.36. The Morgan fingerprint density at radius 1 is 1.00 bits per heavy atom. The van der Waals surface area contributed by atoms with E-state index >= 15 is 0 Å². The number of likely N-dealkylation sites (tertiary alicyclic amines) is 1. The molecule has 1 aromatic carbocycles. The first-order chi connectivity index (χ1) is 14.1. The molecule has 1 unspecified atom stereocenters. The van der Waals surface area contributed by atoms with E-state index in [9.17, 15) is 0 Å². The van der Waals surface area contributed by atoms with Crippen LogP contribution in [-0.2, 0) is 0 Å².